The van der Waals surface area contributed by atoms with E-state index in [-0.39, 0.29) is 11.8 Å². The van der Waals surface area contributed by atoms with Crippen LogP contribution in [-0.2, 0) is 19.2 Å². The summed E-state index contributed by atoms with van der Waals surface area (Å²) in [6.45, 7) is 6.81. The fourth-order valence-corrected chi connectivity index (χ4v) is 4.87. The maximum absolute atomic E-state index is 10.2. The van der Waals surface area contributed by atoms with Gasteiger partial charge in [0.05, 0.1) is 6.61 Å². The minimum absolute atomic E-state index is 0.0379. The molecule has 0 radical (unpaired) electrons. The number of hydrogen-bond acceptors (Lipinski definition) is 5. The number of fused-ring (bicyclic) bond motifs is 2. The van der Waals surface area contributed by atoms with Crippen molar-refractivity contribution in [3.8, 4) is 0 Å². The fourth-order valence-electron chi connectivity index (χ4n) is 4.87. The number of aliphatic hydroxyl groups excluding tert-OH is 1. The Balaban J connectivity index is 1.82. The summed E-state index contributed by atoms with van der Waals surface area (Å²) in [7, 11) is 0. The first-order chi connectivity index (χ1) is 9.46. The topological polar surface area (TPSA) is 57.2 Å². The van der Waals surface area contributed by atoms with E-state index in [1.54, 1.807) is 0 Å². The van der Waals surface area contributed by atoms with Gasteiger partial charge >= 0.3 is 0 Å². The molecule has 114 valence electrons. The third-order valence-electron chi connectivity index (χ3n) is 6.07. The standard InChI is InChI=1S/C15H24O5/c1-8-4-5-10-9(2)12(16)18-13-15(10)11(8)6-14(3,7-17-13)19-20-15/h8-13,16H,4-7H2,1-3H3/t8-,9-,10-,11+,12?,13-,14-,15-/m0/s1. The maximum atomic E-state index is 10.2. The Kier molecular flexibility index (Phi) is 2.81. The van der Waals surface area contributed by atoms with Gasteiger partial charge in [-0.2, -0.15) is 0 Å². The molecule has 5 fully saturated rings. The highest BCUT2D eigenvalue weighted by molar-refractivity contribution is 5.10. The van der Waals surface area contributed by atoms with Crippen molar-refractivity contribution in [1.82, 2.24) is 0 Å². The Morgan fingerprint density at radius 1 is 1.10 bits per heavy atom. The van der Waals surface area contributed by atoms with Gasteiger partial charge in [0.2, 0.25) is 0 Å². The zero-order chi connectivity index (χ0) is 14.1. The van der Waals surface area contributed by atoms with Crippen molar-refractivity contribution in [3.05, 3.63) is 0 Å². The number of rotatable bonds is 0. The summed E-state index contributed by atoms with van der Waals surface area (Å²) in [5, 5.41) is 10.2. The van der Waals surface area contributed by atoms with Crippen LogP contribution in [0, 0.1) is 23.7 Å². The molecule has 4 saturated heterocycles. The van der Waals surface area contributed by atoms with Crippen molar-refractivity contribution in [2.24, 2.45) is 23.7 Å². The predicted molar refractivity (Wildman–Crippen MR) is 69.3 cm³/mol. The molecule has 5 aliphatic rings. The molecule has 0 aromatic rings. The van der Waals surface area contributed by atoms with Gasteiger partial charge in [-0.15, -0.1) is 0 Å². The molecule has 1 spiro atoms. The zero-order valence-electron chi connectivity index (χ0n) is 12.4. The van der Waals surface area contributed by atoms with Gasteiger partial charge in [0.15, 0.2) is 18.2 Å². The van der Waals surface area contributed by atoms with E-state index >= 15 is 0 Å². The molecule has 0 amide bonds. The first-order valence-electron chi connectivity index (χ1n) is 7.78. The van der Waals surface area contributed by atoms with Gasteiger partial charge in [0.25, 0.3) is 0 Å². The lowest BCUT2D eigenvalue weighted by Gasteiger charge is -2.59. The van der Waals surface area contributed by atoms with E-state index in [9.17, 15) is 5.11 Å². The zero-order valence-corrected chi connectivity index (χ0v) is 12.4. The number of hydrogen-bond donors (Lipinski definition) is 1. The molecular weight excluding hydrogens is 260 g/mol. The molecule has 8 atom stereocenters. The molecule has 1 unspecified atom stereocenters. The highest BCUT2D eigenvalue weighted by Crippen LogP contribution is 2.59. The van der Waals surface area contributed by atoms with Gasteiger partial charge in [-0.1, -0.05) is 13.8 Å². The summed E-state index contributed by atoms with van der Waals surface area (Å²) in [5.74, 6) is 1.18. The normalized spacial score (nSPS) is 61.8. The van der Waals surface area contributed by atoms with Gasteiger partial charge in [0, 0.05) is 17.8 Å². The summed E-state index contributed by atoms with van der Waals surface area (Å²) in [6.07, 6.45) is 1.83. The fraction of sp³-hybridized carbons (Fsp3) is 1.00. The third-order valence-corrected chi connectivity index (χ3v) is 6.07. The molecule has 4 aliphatic heterocycles. The Morgan fingerprint density at radius 3 is 2.70 bits per heavy atom. The average molecular weight is 284 g/mol. The lowest BCUT2D eigenvalue weighted by atomic mass is 9.57. The Hall–Kier alpha value is -0.200. The van der Waals surface area contributed by atoms with Crippen LogP contribution in [0.1, 0.15) is 40.0 Å². The van der Waals surface area contributed by atoms with Crippen LogP contribution >= 0.6 is 0 Å². The first kappa shape index (κ1) is 13.5. The number of ether oxygens (including phenoxy) is 2. The second-order valence-electron chi connectivity index (χ2n) is 7.47. The largest absolute Gasteiger partial charge is 0.368 e. The molecule has 5 rings (SSSR count). The molecule has 4 heterocycles. The van der Waals surface area contributed by atoms with Crippen LogP contribution in [0.4, 0.5) is 0 Å². The summed E-state index contributed by atoms with van der Waals surface area (Å²) >= 11 is 0. The van der Waals surface area contributed by atoms with Crippen LogP contribution in [0.15, 0.2) is 0 Å². The quantitative estimate of drug-likeness (QED) is 0.688. The summed E-state index contributed by atoms with van der Waals surface area (Å²) in [5.41, 5.74) is -0.951. The van der Waals surface area contributed by atoms with Gasteiger partial charge in [-0.25, -0.2) is 9.78 Å². The van der Waals surface area contributed by atoms with Crippen LogP contribution in [0.25, 0.3) is 0 Å². The van der Waals surface area contributed by atoms with Gasteiger partial charge in [-0.05, 0) is 32.1 Å². The van der Waals surface area contributed by atoms with Crippen molar-refractivity contribution in [3.63, 3.8) is 0 Å². The van der Waals surface area contributed by atoms with Gasteiger partial charge < -0.3 is 14.6 Å². The van der Waals surface area contributed by atoms with Crippen molar-refractivity contribution in [1.29, 1.82) is 0 Å². The Bertz CT molecular complexity index is 415. The Morgan fingerprint density at radius 2 is 1.90 bits per heavy atom. The van der Waals surface area contributed by atoms with Crippen LogP contribution in [0.2, 0.25) is 0 Å². The average Bonchev–Trinajstić information content (AvgIpc) is 2.63. The summed E-state index contributed by atoms with van der Waals surface area (Å²) < 4.78 is 11.7. The predicted octanol–water partition coefficient (Wildman–Crippen LogP) is 1.84. The minimum Gasteiger partial charge on any atom is -0.368 e. The molecule has 5 heteroatoms. The molecule has 1 N–H and O–H groups in total. The van der Waals surface area contributed by atoms with Crippen molar-refractivity contribution < 1.29 is 24.4 Å². The second-order valence-corrected chi connectivity index (χ2v) is 7.47. The highest BCUT2D eigenvalue weighted by atomic mass is 17.2. The second kappa shape index (κ2) is 4.17. The maximum Gasteiger partial charge on any atom is 0.193 e. The van der Waals surface area contributed by atoms with E-state index < -0.39 is 23.8 Å². The molecule has 0 aromatic heterocycles. The van der Waals surface area contributed by atoms with E-state index in [0.29, 0.717) is 18.4 Å². The summed E-state index contributed by atoms with van der Waals surface area (Å²) in [4.78, 5) is 11.7. The van der Waals surface area contributed by atoms with E-state index in [1.807, 2.05) is 13.8 Å². The van der Waals surface area contributed by atoms with Crippen molar-refractivity contribution in [2.75, 3.05) is 6.61 Å². The lowest BCUT2D eigenvalue weighted by molar-refractivity contribution is -0.494. The SMILES string of the molecule is C[C@@H]1C(O)O[C@@H]2OC[C@]3(C)C[C@@H]4[C@@H](C)CC[C@@H]1[C@@]24OO3. The first-order valence-corrected chi connectivity index (χ1v) is 7.78. The molecule has 0 aromatic carbocycles. The molecule has 1 saturated carbocycles. The monoisotopic (exact) mass is 284 g/mol. The van der Waals surface area contributed by atoms with Crippen molar-refractivity contribution >= 4 is 0 Å². The third kappa shape index (κ3) is 1.56. The van der Waals surface area contributed by atoms with Gasteiger partial charge in [-0.3, -0.25) is 0 Å². The Labute approximate surface area is 119 Å². The van der Waals surface area contributed by atoms with E-state index in [1.165, 1.54) is 6.42 Å². The number of aliphatic hydroxyl groups is 1. The van der Waals surface area contributed by atoms with Crippen LogP contribution in [0.3, 0.4) is 0 Å². The smallest absolute Gasteiger partial charge is 0.193 e. The van der Waals surface area contributed by atoms with Crippen LogP contribution < -0.4 is 0 Å². The summed E-state index contributed by atoms with van der Waals surface area (Å²) in [6, 6.07) is 0. The van der Waals surface area contributed by atoms with E-state index in [4.69, 9.17) is 19.2 Å². The molecule has 1 aliphatic carbocycles. The van der Waals surface area contributed by atoms with Crippen LogP contribution in [-0.4, -0.2) is 35.5 Å². The molecule has 2 bridgehead atoms. The van der Waals surface area contributed by atoms with Crippen molar-refractivity contribution in [2.45, 2.75) is 63.8 Å². The lowest BCUT2D eigenvalue weighted by Crippen LogP contribution is -2.69. The van der Waals surface area contributed by atoms with E-state index in [2.05, 4.69) is 6.92 Å². The molecule has 5 nitrogen and oxygen atoms in total. The molecule has 20 heavy (non-hydrogen) atoms. The van der Waals surface area contributed by atoms with Crippen LogP contribution in [0.5, 0.6) is 0 Å². The molecular formula is C15H24O5. The highest BCUT2D eigenvalue weighted by Gasteiger charge is 2.69. The van der Waals surface area contributed by atoms with E-state index in [0.717, 1.165) is 12.8 Å². The minimum atomic E-state index is -0.779. The van der Waals surface area contributed by atoms with Gasteiger partial charge in [0.1, 0.15) is 5.60 Å².